The minimum absolute atomic E-state index is 0.0540. The van der Waals surface area contributed by atoms with Crippen molar-refractivity contribution in [3.8, 4) is 0 Å². The number of hydrogen-bond acceptors (Lipinski definition) is 4. The Bertz CT molecular complexity index is 1390. The molecule has 38 heavy (non-hydrogen) atoms. The van der Waals surface area contributed by atoms with Gasteiger partial charge in [-0.1, -0.05) is 18.2 Å². The van der Waals surface area contributed by atoms with Gasteiger partial charge in [0.15, 0.2) is 23.3 Å². The summed E-state index contributed by atoms with van der Waals surface area (Å²) in [5, 5.41) is 0. The number of nitrogens with zero attached hydrogens (tertiary/aromatic N) is 2. The number of halogens is 4. The number of rotatable bonds is 5. The number of fused-ring (bicyclic) bond motifs is 2. The number of ether oxygens (including phenoxy) is 1. The van der Waals surface area contributed by atoms with Crippen LogP contribution in [0.2, 0.25) is 0 Å². The van der Waals surface area contributed by atoms with Gasteiger partial charge in [-0.25, -0.2) is 22.4 Å². The van der Waals surface area contributed by atoms with E-state index in [1.54, 1.807) is 11.8 Å². The zero-order valence-electron chi connectivity index (χ0n) is 20.7. The predicted octanol–water partition coefficient (Wildman–Crippen LogP) is 5.48. The standard InChI is InChI=1S/C29H26F4N2O3/c1-18(38-28(37)20-7-9-23(31)25(33)15-20)16-34-12-10-29(11-13-34)17-35(26-5-3-2-4-21(26)29)27(36)19-6-8-22(30)24(32)14-19/h2-9,14-15,18H,10-13,16-17H2,1H3. The van der Waals surface area contributed by atoms with Crippen molar-refractivity contribution in [1.29, 1.82) is 0 Å². The minimum atomic E-state index is -1.11. The zero-order chi connectivity index (χ0) is 27.0. The first kappa shape index (κ1) is 25.9. The summed E-state index contributed by atoms with van der Waals surface area (Å²) in [7, 11) is 0. The second-order valence-electron chi connectivity index (χ2n) is 9.96. The van der Waals surface area contributed by atoms with Crippen LogP contribution in [0.5, 0.6) is 0 Å². The van der Waals surface area contributed by atoms with Crippen LogP contribution in [0.25, 0.3) is 0 Å². The van der Waals surface area contributed by atoms with Gasteiger partial charge in [-0.2, -0.15) is 0 Å². The molecule has 198 valence electrons. The van der Waals surface area contributed by atoms with Gasteiger partial charge in [-0.3, -0.25) is 9.69 Å². The zero-order valence-corrected chi connectivity index (χ0v) is 20.7. The largest absolute Gasteiger partial charge is 0.458 e. The lowest BCUT2D eigenvalue weighted by atomic mass is 9.74. The number of amides is 1. The Balaban J connectivity index is 1.24. The molecule has 5 rings (SSSR count). The van der Waals surface area contributed by atoms with Crippen molar-refractivity contribution >= 4 is 17.6 Å². The van der Waals surface area contributed by atoms with Crippen LogP contribution in [-0.4, -0.2) is 49.1 Å². The van der Waals surface area contributed by atoms with Gasteiger partial charge in [0, 0.05) is 29.8 Å². The van der Waals surface area contributed by atoms with E-state index in [1.165, 1.54) is 12.1 Å². The van der Waals surface area contributed by atoms with Gasteiger partial charge in [-0.05, 0) is 80.9 Å². The molecule has 2 heterocycles. The maximum Gasteiger partial charge on any atom is 0.338 e. The van der Waals surface area contributed by atoms with Crippen molar-refractivity contribution in [3.05, 3.63) is 101 Å². The topological polar surface area (TPSA) is 49.9 Å². The van der Waals surface area contributed by atoms with Gasteiger partial charge in [-0.15, -0.1) is 0 Å². The number of benzene rings is 3. The second-order valence-corrected chi connectivity index (χ2v) is 9.96. The highest BCUT2D eigenvalue weighted by Crippen LogP contribution is 2.47. The quantitative estimate of drug-likeness (QED) is 0.326. The van der Waals surface area contributed by atoms with Crippen LogP contribution < -0.4 is 4.90 Å². The molecule has 0 aliphatic carbocycles. The number of likely N-dealkylation sites (tertiary alicyclic amines) is 1. The fourth-order valence-corrected chi connectivity index (χ4v) is 5.46. The molecule has 3 aromatic carbocycles. The van der Waals surface area contributed by atoms with Crippen molar-refractivity contribution < 1.29 is 31.9 Å². The SMILES string of the molecule is CC(CN1CCC2(CC1)CN(C(=O)c1ccc(F)c(F)c1)c1ccccc12)OC(=O)c1ccc(F)c(F)c1. The molecule has 3 aromatic rings. The summed E-state index contributed by atoms with van der Waals surface area (Å²) in [4.78, 5) is 29.5. The Morgan fingerprint density at radius 3 is 2.13 bits per heavy atom. The summed E-state index contributed by atoms with van der Waals surface area (Å²) in [5.41, 5.74) is 1.57. The van der Waals surface area contributed by atoms with Crippen LogP contribution in [0.1, 0.15) is 46.0 Å². The number of carbonyl (C=O) groups excluding carboxylic acids is 2. The van der Waals surface area contributed by atoms with E-state index in [2.05, 4.69) is 4.90 Å². The summed E-state index contributed by atoms with van der Waals surface area (Å²) >= 11 is 0. The average molecular weight is 527 g/mol. The highest BCUT2D eigenvalue weighted by molar-refractivity contribution is 6.07. The van der Waals surface area contributed by atoms with Crippen LogP contribution in [-0.2, 0) is 10.2 Å². The first-order valence-corrected chi connectivity index (χ1v) is 12.4. The Kier molecular flexibility index (Phi) is 6.96. The van der Waals surface area contributed by atoms with Crippen LogP contribution in [0.3, 0.4) is 0 Å². The van der Waals surface area contributed by atoms with E-state index < -0.39 is 35.3 Å². The number of hydrogen-bond donors (Lipinski definition) is 0. The maximum atomic E-state index is 13.8. The first-order chi connectivity index (χ1) is 18.2. The van der Waals surface area contributed by atoms with E-state index >= 15 is 0 Å². The highest BCUT2D eigenvalue weighted by atomic mass is 19.2. The van der Waals surface area contributed by atoms with Crippen LogP contribution >= 0.6 is 0 Å². The molecule has 0 N–H and O–H groups in total. The fourth-order valence-electron chi connectivity index (χ4n) is 5.46. The third-order valence-corrected chi connectivity index (χ3v) is 7.43. The summed E-state index contributed by atoms with van der Waals surface area (Å²) in [5.74, 6) is -5.31. The Labute approximate surface area is 217 Å². The number of piperidine rings is 1. The molecule has 0 bridgehead atoms. The van der Waals surface area contributed by atoms with Gasteiger partial charge in [0.1, 0.15) is 6.10 Å². The van der Waals surface area contributed by atoms with Gasteiger partial charge in [0.05, 0.1) is 5.56 Å². The monoisotopic (exact) mass is 526 g/mol. The molecule has 1 amide bonds. The smallest absolute Gasteiger partial charge is 0.338 e. The normalized spacial score (nSPS) is 17.3. The second kappa shape index (κ2) is 10.2. The summed E-state index contributed by atoms with van der Waals surface area (Å²) in [6.07, 6.45) is 1.01. The van der Waals surface area contributed by atoms with Crippen LogP contribution in [0.15, 0.2) is 60.7 Å². The van der Waals surface area contributed by atoms with Crippen LogP contribution in [0, 0.1) is 23.3 Å². The number of esters is 1. The predicted molar refractivity (Wildman–Crippen MR) is 133 cm³/mol. The molecule has 1 unspecified atom stereocenters. The average Bonchev–Trinajstić information content (AvgIpc) is 3.22. The Morgan fingerprint density at radius 1 is 0.868 bits per heavy atom. The maximum absolute atomic E-state index is 13.8. The van der Waals surface area contributed by atoms with Gasteiger partial charge >= 0.3 is 5.97 Å². The van der Waals surface area contributed by atoms with Crippen molar-refractivity contribution in [2.24, 2.45) is 0 Å². The molecule has 0 aromatic heterocycles. The molecule has 1 saturated heterocycles. The van der Waals surface area contributed by atoms with Crippen LogP contribution in [0.4, 0.5) is 23.2 Å². The van der Waals surface area contributed by atoms with Crippen molar-refractivity contribution in [2.75, 3.05) is 31.1 Å². The molecule has 9 heteroatoms. The number of para-hydroxylation sites is 1. The Morgan fingerprint density at radius 2 is 1.47 bits per heavy atom. The minimum Gasteiger partial charge on any atom is -0.458 e. The molecule has 0 saturated carbocycles. The molecule has 0 radical (unpaired) electrons. The number of anilines is 1. The Hall–Kier alpha value is -3.72. The van der Waals surface area contributed by atoms with Crippen molar-refractivity contribution in [3.63, 3.8) is 0 Å². The molecule has 1 spiro atoms. The van der Waals surface area contributed by atoms with E-state index in [0.717, 1.165) is 48.4 Å². The molecule has 2 aliphatic heterocycles. The van der Waals surface area contributed by atoms with E-state index in [1.807, 2.05) is 24.3 Å². The third-order valence-electron chi connectivity index (χ3n) is 7.43. The lowest BCUT2D eigenvalue weighted by Crippen LogP contribution is -2.47. The van der Waals surface area contributed by atoms with Crippen molar-refractivity contribution in [1.82, 2.24) is 4.90 Å². The van der Waals surface area contributed by atoms with E-state index in [-0.39, 0.29) is 22.4 Å². The van der Waals surface area contributed by atoms with Gasteiger partial charge in [0.25, 0.3) is 5.91 Å². The number of carbonyl (C=O) groups is 2. The lowest BCUT2D eigenvalue weighted by Gasteiger charge is -2.40. The fraction of sp³-hybridized carbons (Fsp3) is 0.310. The third kappa shape index (κ3) is 4.90. The highest BCUT2D eigenvalue weighted by Gasteiger charge is 2.46. The van der Waals surface area contributed by atoms with Gasteiger partial charge in [0.2, 0.25) is 0 Å². The summed E-state index contributed by atoms with van der Waals surface area (Å²) < 4.78 is 59.3. The summed E-state index contributed by atoms with van der Waals surface area (Å²) in [6, 6.07) is 13.7. The first-order valence-electron chi connectivity index (χ1n) is 12.4. The van der Waals surface area contributed by atoms with E-state index in [9.17, 15) is 27.2 Å². The molecule has 1 fully saturated rings. The van der Waals surface area contributed by atoms with Gasteiger partial charge < -0.3 is 9.64 Å². The molecule has 1 atom stereocenters. The van der Waals surface area contributed by atoms with E-state index in [4.69, 9.17) is 4.74 Å². The molecular weight excluding hydrogens is 500 g/mol. The summed E-state index contributed by atoms with van der Waals surface area (Å²) in [6.45, 7) is 4.02. The van der Waals surface area contributed by atoms with E-state index in [0.29, 0.717) is 26.2 Å². The molecular formula is C29H26F4N2O3. The molecule has 5 nitrogen and oxygen atoms in total. The molecule has 2 aliphatic rings. The lowest BCUT2D eigenvalue weighted by molar-refractivity contribution is 0.0210. The van der Waals surface area contributed by atoms with Crippen molar-refractivity contribution in [2.45, 2.75) is 31.3 Å².